The monoisotopic (exact) mass is 1140 g/mol. The van der Waals surface area contributed by atoms with Gasteiger partial charge in [0, 0.05) is 19.4 Å². The molecule has 2 atom stereocenters. The van der Waals surface area contributed by atoms with E-state index in [-0.39, 0.29) is 32.6 Å². The first-order valence-electron chi connectivity index (χ1n) is 32.0. The molecule has 0 aromatic carbocycles. The Morgan fingerprint density at radius 2 is 0.642 bits per heavy atom. The van der Waals surface area contributed by atoms with Gasteiger partial charge in [0.25, 0.3) is 0 Å². The molecule has 0 amide bonds. The Bertz CT molecular complexity index is 1880. The fourth-order valence-electron chi connectivity index (χ4n) is 8.27. The second-order valence-electron chi connectivity index (χ2n) is 20.5. The van der Waals surface area contributed by atoms with Crippen molar-refractivity contribution in [3.8, 4) is 0 Å². The average Bonchev–Trinajstić information content (AvgIpc) is 3.46. The van der Waals surface area contributed by atoms with Crippen molar-refractivity contribution < 1.29 is 37.6 Å². The molecule has 0 bridgehead atoms. The molecule has 81 heavy (non-hydrogen) atoms. The van der Waals surface area contributed by atoms with Gasteiger partial charge in [-0.3, -0.25) is 18.6 Å². The van der Waals surface area contributed by atoms with Crippen LogP contribution in [-0.2, 0) is 32.7 Å². The van der Waals surface area contributed by atoms with Gasteiger partial charge in [-0.05, 0) is 122 Å². The molecular formula is C71H116NO8P. The van der Waals surface area contributed by atoms with Crippen LogP contribution in [0.4, 0.5) is 0 Å². The first-order valence-corrected chi connectivity index (χ1v) is 33.5. The van der Waals surface area contributed by atoms with Gasteiger partial charge in [0.2, 0.25) is 0 Å². The van der Waals surface area contributed by atoms with Gasteiger partial charge >= 0.3 is 19.8 Å². The number of carbonyl (C=O) groups excluding carboxylic acids is 2. The van der Waals surface area contributed by atoms with E-state index in [1.807, 2.05) is 0 Å². The summed E-state index contributed by atoms with van der Waals surface area (Å²) in [6.07, 6.45) is 94.5. The maximum absolute atomic E-state index is 12.7. The molecule has 0 aliphatic rings. The van der Waals surface area contributed by atoms with Crippen molar-refractivity contribution in [2.24, 2.45) is 5.73 Å². The molecule has 0 heterocycles. The first-order chi connectivity index (χ1) is 39.8. The van der Waals surface area contributed by atoms with Crippen LogP contribution in [0.2, 0.25) is 0 Å². The number of hydrogen-bond acceptors (Lipinski definition) is 8. The molecule has 3 N–H and O–H groups in total. The van der Waals surface area contributed by atoms with Crippen LogP contribution in [0.15, 0.2) is 158 Å². The fraction of sp³-hybridized carbons (Fsp3) is 0.606. The highest BCUT2D eigenvalue weighted by atomic mass is 31.2. The minimum Gasteiger partial charge on any atom is -0.462 e. The van der Waals surface area contributed by atoms with E-state index in [1.54, 1.807) is 0 Å². The molecule has 0 spiro atoms. The van der Waals surface area contributed by atoms with E-state index >= 15 is 0 Å². The maximum atomic E-state index is 12.7. The summed E-state index contributed by atoms with van der Waals surface area (Å²) >= 11 is 0. The highest BCUT2D eigenvalue weighted by Crippen LogP contribution is 2.43. The van der Waals surface area contributed by atoms with Crippen molar-refractivity contribution >= 4 is 19.8 Å². The maximum Gasteiger partial charge on any atom is 0.472 e. The third kappa shape index (κ3) is 64.7. The van der Waals surface area contributed by atoms with E-state index in [0.29, 0.717) is 6.42 Å². The summed E-state index contributed by atoms with van der Waals surface area (Å²) in [4.78, 5) is 35.3. The lowest BCUT2D eigenvalue weighted by molar-refractivity contribution is -0.161. The van der Waals surface area contributed by atoms with Crippen molar-refractivity contribution in [2.75, 3.05) is 26.4 Å². The average molecular weight is 1140 g/mol. The van der Waals surface area contributed by atoms with Gasteiger partial charge in [0.1, 0.15) is 6.61 Å². The Kier molecular flexibility index (Phi) is 61.3. The third-order valence-corrected chi connectivity index (χ3v) is 13.9. The number of phosphoric ester groups is 1. The van der Waals surface area contributed by atoms with Crippen LogP contribution in [0.25, 0.3) is 0 Å². The molecule has 0 aromatic heterocycles. The fourth-order valence-corrected chi connectivity index (χ4v) is 9.03. The summed E-state index contributed by atoms with van der Waals surface area (Å²) < 4.78 is 33.1. The summed E-state index contributed by atoms with van der Waals surface area (Å²) in [5, 5.41) is 0. The number of ether oxygens (including phenoxy) is 2. The number of allylic oxidation sites excluding steroid dienone is 26. The van der Waals surface area contributed by atoms with E-state index in [2.05, 4.69) is 172 Å². The molecule has 0 rings (SSSR count). The largest absolute Gasteiger partial charge is 0.472 e. The van der Waals surface area contributed by atoms with Gasteiger partial charge in [-0.15, -0.1) is 0 Å². The third-order valence-electron chi connectivity index (χ3n) is 12.9. The van der Waals surface area contributed by atoms with Crippen molar-refractivity contribution in [1.29, 1.82) is 0 Å². The van der Waals surface area contributed by atoms with Crippen molar-refractivity contribution in [3.05, 3.63) is 158 Å². The molecular weight excluding hydrogens is 1030 g/mol. The lowest BCUT2D eigenvalue weighted by Crippen LogP contribution is -2.29. The van der Waals surface area contributed by atoms with Crippen LogP contribution >= 0.6 is 7.82 Å². The summed E-state index contributed by atoms with van der Waals surface area (Å²) in [5.74, 6) is -0.848. The predicted octanol–water partition coefficient (Wildman–Crippen LogP) is 20.8. The minimum absolute atomic E-state index is 0.0439. The molecule has 0 fully saturated rings. The van der Waals surface area contributed by atoms with Gasteiger partial charge in [0.05, 0.1) is 13.2 Å². The zero-order valence-corrected chi connectivity index (χ0v) is 52.1. The van der Waals surface area contributed by atoms with Crippen molar-refractivity contribution in [3.63, 3.8) is 0 Å². The van der Waals surface area contributed by atoms with Crippen molar-refractivity contribution in [1.82, 2.24) is 0 Å². The number of carbonyl (C=O) groups is 2. The Morgan fingerprint density at radius 3 is 0.951 bits per heavy atom. The standard InChI is InChI=1S/C71H116NO8P/c1-3-5-7-9-11-13-15-17-19-21-23-25-27-28-29-30-31-32-33-34-35-36-37-38-39-40-42-44-46-48-50-52-54-56-58-60-62-64-71(74)80-69(68-79-81(75,76)78-66-65-72)67-77-70(73)63-61-59-57-55-53-51-49-47-45-43-41-26-24-22-20-18-16-14-12-10-8-6-4-2/h5-8,11-14,17-20,23-26,28-29,31-32,34-35,37-38,40,42,69H,3-4,9-10,15-16,21-22,27,30,33,36,39,41,43-68,72H2,1-2H3,(H,75,76)/b7-5-,8-6-,13-11-,14-12-,19-17-,20-18-,25-23-,26-24-,29-28-,32-31-,35-34-,38-37-,42-40-. The van der Waals surface area contributed by atoms with Crippen LogP contribution in [0.5, 0.6) is 0 Å². The SMILES string of the molecule is CC/C=C\C/C=C\C/C=C\C/C=C\C/C=C\C/C=C\C/C=C\C/C=C\C/C=C\CCCCCCCCCCCC(=O)OC(COC(=O)CCCCCCCCCCCC/C=C\C/C=C\C/C=C\C/C=C\CC)COP(=O)(O)OCCN. The quantitative estimate of drug-likeness (QED) is 0.0264. The molecule has 0 aliphatic heterocycles. The summed E-state index contributed by atoms with van der Waals surface area (Å²) in [6.45, 7) is 3.50. The zero-order chi connectivity index (χ0) is 58.7. The Labute approximate surface area is 496 Å². The van der Waals surface area contributed by atoms with Gasteiger partial charge in [0.15, 0.2) is 6.10 Å². The van der Waals surface area contributed by atoms with Crippen LogP contribution in [0, 0.1) is 0 Å². The smallest absolute Gasteiger partial charge is 0.462 e. The highest BCUT2D eigenvalue weighted by Gasteiger charge is 2.26. The molecule has 0 aliphatic carbocycles. The molecule has 0 saturated heterocycles. The number of unbranched alkanes of at least 4 members (excludes halogenated alkanes) is 19. The van der Waals surface area contributed by atoms with E-state index in [0.717, 1.165) is 141 Å². The molecule has 0 aromatic rings. The van der Waals surface area contributed by atoms with Crippen LogP contribution in [0.1, 0.15) is 245 Å². The van der Waals surface area contributed by atoms with Crippen LogP contribution < -0.4 is 5.73 Å². The molecule has 9 nitrogen and oxygen atoms in total. The number of nitrogens with two attached hydrogens (primary N) is 1. The van der Waals surface area contributed by atoms with Gasteiger partial charge in [-0.25, -0.2) is 4.57 Å². The summed E-state index contributed by atoms with van der Waals surface area (Å²) in [7, 11) is -4.40. The summed E-state index contributed by atoms with van der Waals surface area (Å²) in [5.41, 5.74) is 5.39. The van der Waals surface area contributed by atoms with Gasteiger partial charge in [-0.2, -0.15) is 0 Å². The topological polar surface area (TPSA) is 134 Å². The summed E-state index contributed by atoms with van der Waals surface area (Å²) in [6, 6.07) is 0. The van der Waals surface area contributed by atoms with Crippen LogP contribution in [-0.4, -0.2) is 49.3 Å². The first kappa shape index (κ1) is 76.6. The second-order valence-corrected chi connectivity index (χ2v) is 22.0. The zero-order valence-electron chi connectivity index (χ0n) is 51.2. The molecule has 458 valence electrons. The number of esters is 2. The van der Waals surface area contributed by atoms with Crippen LogP contribution in [0.3, 0.4) is 0 Å². The molecule has 2 unspecified atom stereocenters. The second kappa shape index (κ2) is 64.8. The normalized spacial score (nSPS) is 14.1. The molecule has 0 radical (unpaired) electrons. The molecule has 10 heteroatoms. The van der Waals surface area contributed by atoms with Gasteiger partial charge < -0.3 is 20.1 Å². The van der Waals surface area contributed by atoms with Gasteiger partial charge in [-0.1, -0.05) is 268 Å². The number of phosphoric acid groups is 1. The highest BCUT2D eigenvalue weighted by molar-refractivity contribution is 7.47. The number of hydrogen-bond donors (Lipinski definition) is 2. The van der Waals surface area contributed by atoms with E-state index < -0.39 is 32.5 Å². The minimum atomic E-state index is -4.40. The van der Waals surface area contributed by atoms with Crippen molar-refractivity contribution in [2.45, 2.75) is 251 Å². The van der Waals surface area contributed by atoms with E-state index in [1.165, 1.54) is 70.6 Å². The lowest BCUT2D eigenvalue weighted by atomic mass is 10.1. The van der Waals surface area contributed by atoms with E-state index in [4.69, 9.17) is 24.3 Å². The molecule has 0 saturated carbocycles. The Morgan fingerprint density at radius 1 is 0.370 bits per heavy atom. The van der Waals surface area contributed by atoms with E-state index in [9.17, 15) is 19.0 Å². The Hall–Kier alpha value is -4.37. The number of rotatable bonds is 58. The lowest BCUT2D eigenvalue weighted by Gasteiger charge is -2.19. The predicted molar refractivity (Wildman–Crippen MR) is 348 cm³/mol. The Balaban J connectivity index is 4.00.